The van der Waals surface area contributed by atoms with E-state index in [0.29, 0.717) is 8.42 Å². The largest absolute Gasteiger partial charge is 0.113 e. The fourth-order valence-electron chi connectivity index (χ4n) is 1.48. The minimum Gasteiger partial charge on any atom is -0.0813 e. The van der Waals surface area contributed by atoms with Gasteiger partial charge in [0.2, 0.25) is 0 Å². The van der Waals surface area contributed by atoms with Crippen LogP contribution in [-0.4, -0.2) is 3.53 Å². The van der Waals surface area contributed by atoms with Crippen LogP contribution in [0.4, 0.5) is 0 Å². The fraction of sp³-hybridized carbons (Fsp3) is 0.0714. The molecule has 0 aliphatic carbocycles. The van der Waals surface area contributed by atoms with E-state index in [-0.39, 0.29) is 25.1 Å². The molecule has 8 heteroatoms. The van der Waals surface area contributed by atoms with Gasteiger partial charge in [-0.05, 0) is 19.1 Å². The van der Waals surface area contributed by atoms with E-state index in [2.05, 4.69) is 0 Å². The van der Waals surface area contributed by atoms with Crippen molar-refractivity contribution in [2.24, 2.45) is 0 Å². The predicted octanol–water partition coefficient (Wildman–Crippen LogP) is 8.43. The summed E-state index contributed by atoms with van der Waals surface area (Å²) in [5.74, 6) is 0. The van der Waals surface area contributed by atoms with E-state index in [9.17, 15) is 0 Å². The first-order valence-corrected chi connectivity index (χ1v) is 9.72. The van der Waals surface area contributed by atoms with Gasteiger partial charge in [-0.2, -0.15) is 0 Å². The quantitative estimate of drug-likeness (QED) is 0.196. The summed E-state index contributed by atoms with van der Waals surface area (Å²) in [6, 6.07) is 8.03. The summed E-state index contributed by atoms with van der Waals surface area (Å²) in [7, 11) is 0. The highest BCUT2D eigenvalue weighted by Crippen LogP contribution is 2.49. The number of hydrogen-bond donors (Lipinski definition) is 0. The van der Waals surface area contributed by atoms with Crippen molar-refractivity contribution in [2.75, 3.05) is 0 Å². The summed E-state index contributed by atoms with van der Waals surface area (Å²) in [5.41, 5.74) is 1.19. The highest BCUT2D eigenvalue weighted by Gasteiger charge is 2.21. The lowest BCUT2D eigenvalue weighted by Gasteiger charge is -2.12. The van der Waals surface area contributed by atoms with Crippen molar-refractivity contribution < 1.29 is 0 Å². The molecule has 0 radical (unpaired) electrons. The SMILES string of the molecule is Cc1ccc(SC(=S)Sc2c(Cl)c(Cl)c(Cl)c(Cl)c2Cl)cc1. The zero-order valence-electron chi connectivity index (χ0n) is 10.9. The first-order valence-electron chi connectivity index (χ1n) is 5.79. The van der Waals surface area contributed by atoms with Crippen LogP contribution in [0.15, 0.2) is 34.1 Å². The van der Waals surface area contributed by atoms with Crippen LogP contribution in [0.5, 0.6) is 0 Å². The second kappa shape index (κ2) is 8.17. The van der Waals surface area contributed by atoms with Crippen molar-refractivity contribution in [3.8, 4) is 0 Å². The Morgan fingerprint density at radius 2 is 1.23 bits per heavy atom. The lowest BCUT2D eigenvalue weighted by Crippen LogP contribution is -1.88. The Balaban J connectivity index is 2.24. The van der Waals surface area contributed by atoms with E-state index >= 15 is 0 Å². The van der Waals surface area contributed by atoms with Gasteiger partial charge in [-0.3, -0.25) is 0 Å². The Kier molecular flexibility index (Phi) is 7.06. The minimum absolute atomic E-state index is 0.139. The normalized spacial score (nSPS) is 10.8. The first-order chi connectivity index (χ1) is 10.3. The fourth-order valence-corrected chi connectivity index (χ4v) is 5.22. The Bertz CT molecular complexity index is 699. The van der Waals surface area contributed by atoms with Crippen molar-refractivity contribution in [3.63, 3.8) is 0 Å². The molecule has 2 aromatic carbocycles. The summed E-state index contributed by atoms with van der Waals surface area (Å²) >= 11 is 38.5. The van der Waals surface area contributed by atoms with Gasteiger partial charge in [0.1, 0.15) is 3.53 Å². The van der Waals surface area contributed by atoms with Crippen LogP contribution < -0.4 is 0 Å². The second-order valence-corrected chi connectivity index (χ2v) is 9.34. The van der Waals surface area contributed by atoms with Gasteiger partial charge in [0.05, 0.1) is 30.0 Å². The van der Waals surface area contributed by atoms with Gasteiger partial charge in [-0.25, -0.2) is 0 Å². The van der Waals surface area contributed by atoms with Crippen LogP contribution in [-0.2, 0) is 0 Å². The standard InChI is InChI=1S/C14H7Cl5S3/c1-6-2-4-7(5-3-6)21-14(20)22-13-11(18)9(16)8(15)10(17)12(13)19/h2-5H,1H3. The maximum Gasteiger partial charge on any atom is 0.113 e. The number of thiocarbonyl (C=S) groups is 1. The minimum atomic E-state index is 0.139. The molecule has 0 atom stereocenters. The molecule has 0 saturated heterocycles. The molecule has 0 unspecified atom stereocenters. The molecule has 22 heavy (non-hydrogen) atoms. The number of benzene rings is 2. The molecule has 0 heterocycles. The monoisotopic (exact) mass is 446 g/mol. The Morgan fingerprint density at radius 1 is 0.773 bits per heavy atom. The molecule has 0 bridgehead atoms. The molecule has 0 aromatic heterocycles. The average Bonchev–Trinajstić information content (AvgIpc) is 2.50. The van der Waals surface area contributed by atoms with Crippen LogP contribution in [0.2, 0.25) is 25.1 Å². The van der Waals surface area contributed by atoms with Crippen LogP contribution >= 0.6 is 93.7 Å². The molecule has 0 aliphatic heterocycles. The van der Waals surface area contributed by atoms with E-state index in [0.717, 1.165) is 4.90 Å². The molecule has 0 fully saturated rings. The van der Waals surface area contributed by atoms with Gasteiger partial charge in [-0.15, -0.1) is 0 Å². The summed E-state index contributed by atoms with van der Waals surface area (Å²) in [6.45, 7) is 2.03. The van der Waals surface area contributed by atoms with Crippen molar-refractivity contribution in [1.82, 2.24) is 0 Å². The van der Waals surface area contributed by atoms with Crippen molar-refractivity contribution in [3.05, 3.63) is 54.9 Å². The van der Waals surface area contributed by atoms with Crippen molar-refractivity contribution in [2.45, 2.75) is 16.7 Å². The van der Waals surface area contributed by atoms with Crippen molar-refractivity contribution >= 4 is 97.3 Å². The van der Waals surface area contributed by atoms with Crippen LogP contribution in [0.1, 0.15) is 5.56 Å². The van der Waals surface area contributed by atoms with Crippen molar-refractivity contribution in [1.29, 1.82) is 0 Å². The zero-order chi connectivity index (χ0) is 16.4. The molecule has 2 aromatic rings. The predicted molar refractivity (Wildman–Crippen MR) is 107 cm³/mol. The zero-order valence-corrected chi connectivity index (χ0v) is 17.2. The molecule has 0 spiro atoms. The van der Waals surface area contributed by atoms with Crippen LogP contribution in [0.3, 0.4) is 0 Å². The lowest BCUT2D eigenvalue weighted by atomic mass is 10.2. The smallest absolute Gasteiger partial charge is 0.0813 e. The van der Waals surface area contributed by atoms with Gasteiger partial charge in [0.25, 0.3) is 0 Å². The Labute approximate surface area is 167 Å². The first kappa shape index (κ1) is 19.0. The molecule has 0 amide bonds. The maximum atomic E-state index is 6.19. The lowest BCUT2D eigenvalue weighted by molar-refractivity contribution is 1.38. The topological polar surface area (TPSA) is 0 Å². The summed E-state index contributed by atoms with van der Waals surface area (Å²) in [5, 5.41) is 0.974. The molecule has 116 valence electrons. The van der Waals surface area contributed by atoms with E-state index in [4.69, 9.17) is 70.2 Å². The van der Waals surface area contributed by atoms with Crippen LogP contribution in [0, 0.1) is 6.92 Å². The van der Waals surface area contributed by atoms with Gasteiger partial charge in [0, 0.05) is 4.90 Å². The van der Waals surface area contributed by atoms with E-state index in [1.807, 2.05) is 31.2 Å². The number of thioether (sulfide) groups is 2. The third kappa shape index (κ3) is 4.40. The van der Waals surface area contributed by atoms with Gasteiger partial charge >= 0.3 is 0 Å². The third-order valence-corrected chi connectivity index (χ3v) is 7.53. The number of rotatable bonds is 2. The number of hydrogen-bond acceptors (Lipinski definition) is 3. The van der Waals surface area contributed by atoms with E-state index in [1.165, 1.54) is 29.1 Å². The van der Waals surface area contributed by atoms with Crippen LogP contribution in [0.25, 0.3) is 0 Å². The van der Waals surface area contributed by atoms with Gasteiger partial charge in [-0.1, -0.05) is 111 Å². The average molecular weight is 449 g/mol. The van der Waals surface area contributed by atoms with Gasteiger partial charge < -0.3 is 0 Å². The summed E-state index contributed by atoms with van der Waals surface area (Å²) in [6.07, 6.45) is 0. The van der Waals surface area contributed by atoms with E-state index < -0.39 is 0 Å². The Morgan fingerprint density at radius 3 is 1.73 bits per heavy atom. The summed E-state index contributed by atoms with van der Waals surface area (Å²) in [4.78, 5) is 1.54. The van der Waals surface area contributed by atoms with E-state index in [1.54, 1.807) is 0 Å². The molecule has 0 nitrogen and oxygen atoms in total. The molecule has 0 saturated carbocycles. The highest BCUT2D eigenvalue weighted by molar-refractivity contribution is 8.47. The molecule has 0 N–H and O–H groups in total. The third-order valence-electron chi connectivity index (χ3n) is 2.58. The number of aryl methyl sites for hydroxylation is 1. The molecule has 0 aliphatic rings. The van der Waals surface area contributed by atoms with Gasteiger partial charge in [0.15, 0.2) is 0 Å². The molecular weight excluding hydrogens is 442 g/mol. The Hall–Kier alpha value is 0.680. The molecular formula is C14H7Cl5S3. The number of halogens is 5. The highest BCUT2D eigenvalue weighted by atomic mass is 35.5. The molecule has 2 rings (SSSR count). The second-order valence-electron chi connectivity index (χ2n) is 4.17. The maximum absolute atomic E-state index is 6.19. The summed E-state index contributed by atoms with van der Waals surface area (Å²) < 4.78 is 0.627.